The van der Waals surface area contributed by atoms with Gasteiger partial charge in [-0.25, -0.2) is 0 Å². The molecule has 2 heterocycles. The zero-order valence-electron chi connectivity index (χ0n) is 5.98. The van der Waals surface area contributed by atoms with Crippen molar-refractivity contribution in [2.75, 3.05) is 26.7 Å². The highest BCUT2D eigenvalue weighted by atomic mass is 15.3. The summed E-state index contributed by atoms with van der Waals surface area (Å²) in [6.07, 6.45) is 2.73. The number of rotatable bonds is 0. The van der Waals surface area contributed by atoms with Gasteiger partial charge in [0.05, 0.1) is 0 Å². The fraction of sp³-hybridized carbons (Fsp3) is 1.00. The van der Waals surface area contributed by atoms with Gasteiger partial charge in [0.15, 0.2) is 0 Å². The minimum absolute atomic E-state index is 0.658. The number of nitrogens with zero attached hydrogens (tertiary/aromatic N) is 1. The first-order chi connectivity index (χ1) is 4.33. The lowest BCUT2D eigenvalue weighted by atomic mass is 9.98. The van der Waals surface area contributed by atoms with Crippen LogP contribution in [0.5, 0.6) is 0 Å². The molecule has 52 valence electrons. The minimum atomic E-state index is 0.658. The highest BCUT2D eigenvalue weighted by Gasteiger charge is 2.48. The molecular weight excluding hydrogens is 112 g/mol. The van der Waals surface area contributed by atoms with Crippen LogP contribution in [0, 0.1) is 0 Å². The van der Waals surface area contributed by atoms with E-state index in [1.807, 2.05) is 0 Å². The molecule has 0 aromatic rings. The van der Waals surface area contributed by atoms with Gasteiger partial charge in [0.25, 0.3) is 0 Å². The second-order valence-electron chi connectivity index (χ2n) is 3.33. The molecule has 0 aromatic heterocycles. The summed E-state index contributed by atoms with van der Waals surface area (Å²) in [4.78, 5) is 2.47. The Morgan fingerprint density at radius 2 is 1.89 bits per heavy atom. The van der Waals surface area contributed by atoms with Gasteiger partial charge in [0.1, 0.15) is 0 Å². The summed E-state index contributed by atoms with van der Waals surface area (Å²) in [5, 5.41) is 3.37. The highest BCUT2D eigenvalue weighted by Crippen LogP contribution is 2.37. The number of nitrogens with one attached hydrogen (secondary N) is 1. The molecule has 2 saturated heterocycles. The Hall–Kier alpha value is -0.0800. The first-order valence-corrected chi connectivity index (χ1v) is 3.75. The van der Waals surface area contributed by atoms with Gasteiger partial charge in [-0.05, 0) is 33.0 Å². The molecule has 0 bridgehead atoms. The van der Waals surface area contributed by atoms with E-state index >= 15 is 0 Å². The lowest BCUT2D eigenvalue weighted by Gasteiger charge is -2.21. The van der Waals surface area contributed by atoms with Crippen molar-refractivity contribution in [3.05, 3.63) is 0 Å². The SMILES string of the molecule is CN1CC12CCNCC2. The van der Waals surface area contributed by atoms with Crippen LogP contribution in [0.15, 0.2) is 0 Å². The van der Waals surface area contributed by atoms with Crippen LogP contribution < -0.4 is 5.32 Å². The topological polar surface area (TPSA) is 15.0 Å². The Balaban J connectivity index is 1.97. The van der Waals surface area contributed by atoms with E-state index in [2.05, 4.69) is 17.3 Å². The number of hydrogen-bond acceptors (Lipinski definition) is 2. The smallest absolute Gasteiger partial charge is 0.0358 e. The molecule has 0 aromatic carbocycles. The van der Waals surface area contributed by atoms with Crippen LogP contribution in [-0.4, -0.2) is 37.1 Å². The normalized spacial score (nSPS) is 39.0. The summed E-state index contributed by atoms with van der Waals surface area (Å²) in [5.41, 5.74) is 0.658. The van der Waals surface area contributed by atoms with Crippen LogP contribution in [0.1, 0.15) is 12.8 Å². The van der Waals surface area contributed by atoms with Crippen molar-refractivity contribution in [1.82, 2.24) is 10.2 Å². The minimum Gasteiger partial charge on any atom is -0.317 e. The first kappa shape index (κ1) is 5.69. The predicted octanol–water partition coefficient (Wildman–Crippen LogP) is 0.0540. The number of piperidine rings is 1. The molecule has 1 atom stereocenters. The molecule has 1 unspecified atom stereocenters. The van der Waals surface area contributed by atoms with E-state index in [0.29, 0.717) is 5.54 Å². The van der Waals surface area contributed by atoms with E-state index in [-0.39, 0.29) is 0 Å². The van der Waals surface area contributed by atoms with E-state index in [1.54, 1.807) is 0 Å². The van der Waals surface area contributed by atoms with Crippen molar-refractivity contribution in [2.45, 2.75) is 18.4 Å². The van der Waals surface area contributed by atoms with Crippen molar-refractivity contribution < 1.29 is 0 Å². The van der Waals surface area contributed by atoms with Gasteiger partial charge < -0.3 is 5.32 Å². The molecule has 9 heavy (non-hydrogen) atoms. The third kappa shape index (κ3) is 0.775. The van der Waals surface area contributed by atoms with Crippen LogP contribution in [0.3, 0.4) is 0 Å². The van der Waals surface area contributed by atoms with Crippen molar-refractivity contribution in [3.63, 3.8) is 0 Å². The molecule has 0 amide bonds. The molecule has 2 aliphatic rings. The van der Waals surface area contributed by atoms with Gasteiger partial charge in [-0.3, -0.25) is 4.90 Å². The molecule has 2 fully saturated rings. The maximum atomic E-state index is 3.37. The van der Waals surface area contributed by atoms with Crippen LogP contribution in [0.4, 0.5) is 0 Å². The maximum absolute atomic E-state index is 3.37. The molecule has 1 N–H and O–H groups in total. The van der Waals surface area contributed by atoms with Crippen molar-refractivity contribution in [1.29, 1.82) is 0 Å². The first-order valence-electron chi connectivity index (χ1n) is 3.75. The molecule has 0 aliphatic carbocycles. The lowest BCUT2D eigenvalue weighted by molar-refractivity contribution is 0.352. The maximum Gasteiger partial charge on any atom is 0.0358 e. The fourth-order valence-corrected chi connectivity index (χ4v) is 1.84. The Labute approximate surface area is 56.2 Å². The Morgan fingerprint density at radius 3 is 2.22 bits per heavy atom. The van der Waals surface area contributed by atoms with Crippen LogP contribution in [0.25, 0.3) is 0 Å². The number of likely N-dealkylation sites (N-methyl/N-ethyl adjacent to an activating group) is 1. The average Bonchev–Trinajstić information content (AvgIpc) is 2.44. The number of hydrogen-bond donors (Lipinski definition) is 1. The molecule has 2 rings (SSSR count). The zero-order valence-corrected chi connectivity index (χ0v) is 5.98. The van der Waals surface area contributed by atoms with Crippen LogP contribution in [-0.2, 0) is 0 Å². The van der Waals surface area contributed by atoms with E-state index in [0.717, 1.165) is 0 Å². The van der Waals surface area contributed by atoms with Gasteiger partial charge in [-0.2, -0.15) is 0 Å². The molecule has 2 nitrogen and oxygen atoms in total. The van der Waals surface area contributed by atoms with Crippen molar-refractivity contribution >= 4 is 0 Å². The Bertz CT molecular complexity index is 116. The van der Waals surface area contributed by atoms with Crippen molar-refractivity contribution in [3.8, 4) is 0 Å². The third-order valence-electron chi connectivity index (χ3n) is 2.77. The third-order valence-corrected chi connectivity index (χ3v) is 2.77. The van der Waals surface area contributed by atoms with Gasteiger partial charge in [-0.1, -0.05) is 0 Å². The largest absolute Gasteiger partial charge is 0.317 e. The second-order valence-corrected chi connectivity index (χ2v) is 3.33. The summed E-state index contributed by atoms with van der Waals surface area (Å²) in [6.45, 7) is 3.79. The summed E-state index contributed by atoms with van der Waals surface area (Å²) in [5.74, 6) is 0. The lowest BCUT2D eigenvalue weighted by Crippen LogP contribution is -2.35. The summed E-state index contributed by atoms with van der Waals surface area (Å²) in [7, 11) is 2.23. The molecule has 0 saturated carbocycles. The second kappa shape index (κ2) is 1.70. The van der Waals surface area contributed by atoms with E-state index in [1.165, 1.54) is 32.5 Å². The molecule has 2 aliphatic heterocycles. The predicted molar refractivity (Wildman–Crippen MR) is 37.5 cm³/mol. The molecule has 0 radical (unpaired) electrons. The quantitative estimate of drug-likeness (QED) is 0.461. The monoisotopic (exact) mass is 126 g/mol. The van der Waals surface area contributed by atoms with Crippen LogP contribution in [0.2, 0.25) is 0 Å². The van der Waals surface area contributed by atoms with E-state index in [4.69, 9.17) is 0 Å². The van der Waals surface area contributed by atoms with Crippen molar-refractivity contribution in [2.24, 2.45) is 0 Å². The average molecular weight is 126 g/mol. The van der Waals surface area contributed by atoms with E-state index in [9.17, 15) is 0 Å². The van der Waals surface area contributed by atoms with Gasteiger partial charge >= 0.3 is 0 Å². The summed E-state index contributed by atoms with van der Waals surface area (Å²) < 4.78 is 0. The fourth-order valence-electron chi connectivity index (χ4n) is 1.84. The Morgan fingerprint density at radius 1 is 1.33 bits per heavy atom. The molecule has 1 spiro atoms. The molecule has 2 heteroatoms. The van der Waals surface area contributed by atoms with Gasteiger partial charge in [0.2, 0.25) is 0 Å². The highest BCUT2D eigenvalue weighted by molar-refractivity contribution is 5.07. The molecular formula is C7H14N2. The summed E-state index contributed by atoms with van der Waals surface area (Å²) in [6, 6.07) is 0. The Kier molecular flexibility index (Phi) is 1.08. The van der Waals surface area contributed by atoms with Crippen LogP contribution >= 0.6 is 0 Å². The zero-order chi connectivity index (χ0) is 6.32. The van der Waals surface area contributed by atoms with Gasteiger partial charge in [0, 0.05) is 12.1 Å². The van der Waals surface area contributed by atoms with Gasteiger partial charge in [-0.15, -0.1) is 0 Å². The standard InChI is InChI=1S/C7H14N2/c1-9-6-7(9)2-4-8-5-3-7/h8H,2-6H2,1H3. The van der Waals surface area contributed by atoms with E-state index < -0.39 is 0 Å². The summed E-state index contributed by atoms with van der Waals surface area (Å²) >= 11 is 0.